The summed E-state index contributed by atoms with van der Waals surface area (Å²) in [6.45, 7) is 4.81. The van der Waals surface area contributed by atoms with Crippen LogP contribution in [0.25, 0.3) is 50.2 Å². The molecule has 0 radical (unpaired) electrons. The molecule has 12 rings (SSSR count). The van der Waals surface area contributed by atoms with E-state index in [0.29, 0.717) is 0 Å². The molecule has 66 heavy (non-hydrogen) atoms. The molecule has 10 aromatic carbocycles. The van der Waals surface area contributed by atoms with Crippen molar-refractivity contribution in [2.45, 2.75) is 19.3 Å². The predicted molar refractivity (Wildman–Crippen MR) is 279 cm³/mol. The Morgan fingerprint density at radius 1 is 0.333 bits per heavy atom. The second-order valence-corrected chi connectivity index (χ2v) is 18.2. The lowest BCUT2D eigenvalue weighted by molar-refractivity contribution is 0.323. The van der Waals surface area contributed by atoms with Crippen molar-refractivity contribution in [1.29, 1.82) is 0 Å². The van der Waals surface area contributed by atoms with E-state index in [1.165, 1.54) is 66.4 Å². The zero-order valence-corrected chi connectivity index (χ0v) is 37.1. The Kier molecular flexibility index (Phi) is 9.43. The first-order valence-electron chi connectivity index (χ1n) is 23.0. The minimum atomic E-state index is -0.347. The molecule has 0 heterocycles. The van der Waals surface area contributed by atoms with Crippen LogP contribution >= 0.6 is 0 Å². The Morgan fingerprint density at radius 3 is 1.47 bits per heavy atom. The van der Waals surface area contributed by atoms with Crippen LogP contribution in [0.15, 0.2) is 249 Å². The van der Waals surface area contributed by atoms with E-state index in [0.717, 1.165) is 34.1 Å². The first-order chi connectivity index (χ1) is 32.5. The van der Waals surface area contributed by atoms with Crippen LogP contribution in [0.3, 0.4) is 0 Å². The van der Waals surface area contributed by atoms with Gasteiger partial charge in [0, 0.05) is 39.2 Å². The maximum atomic E-state index is 2.47. The van der Waals surface area contributed by atoms with Crippen LogP contribution in [-0.2, 0) is 5.41 Å². The average Bonchev–Trinajstić information content (AvgIpc) is 3.67. The summed E-state index contributed by atoms with van der Waals surface area (Å²) >= 11 is 0. The normalized spacial score (nSPS) is 15.2. The van der Waals surface area contributed by atoms with Gasteiger partial charge in [-0.25, -0.2) is 0 Å². The predicted octanol–water partition coefficient (Wildman–Crippen LogP) is 17.5. The molecule has 10 aromatic rings. The second kappa shape index (κ2) is 15.8. The Balaban J connectivity index is 0.868. The molecular weight excluding hydrogens is 797 g/mol. The molecule has 0 aromatic heterocycles. The summed E-state index contributed by atoms with van der Waals surface area (Å²) < 4.78 is 0. The van der Waals surface area contributed by atoms with Gasteiger partial charge in [0.25, 0.3) is 0 Å². The Bertz CT molecular complexity index is 3420. The van der Waals surface area contributed by atoms with Gasteiger partial charge in [-0.1, -0.05) is 202 Å². The van der Waals surface area contributed by atoms with E-state index in [4.69, 9.17) is 0 Å². The highest BCUT2D eigenvalue weighted by Gasteiger charge is 2.55. The van der Waals surface area contributed by atoms with Gasteiger partial charge < -0.3 is 9.80 Å². The van der Waals surface area contributed by atoms with Gasteiger partial charge in [-0.3, -0.25) is 0 Å². The number of rotatable bonds is 8. The number of hydrogen-bond acceptors (Lipinski definition) is 2. The van der Waals surface area contributed by atoms with Gasteiger partial charge in [0.2, 0.25) is 0 Å². The molecule has 0 fully saturated rings. The number of fused-ring (bicyclic) bond motifs is 8. The quantitative estimate of drug-likeness (QED) is 0.150. The molecule has 1 atom stereocenters. The van der Waals surface area contributed by atoms with Crippen molar-refractivity contribution >= 4 is 51.0 Å². The fraction of sp³-hybridized carbons (Fsp3) is 0.0625. The van der Waals surface area contributed by atoms with Crippen LogP contribution in [0.4, 0.5) is 34.1 Å². The summed E-state index contributed by atoms with van der Waals surface area (Å²) in [6.07, 6.45) is 4.75. The van der Waals surface area contributed by atoms with E-state index >= 15 is 0 Å². The minimum absolute atomic E-state index is 0.179. The van der Waals surface area contributed by atoms with Crippen molar-refractivity contribution in [2.24, 2.45) is 5.41 Å². The number of allylic oxidation sites excluding steroid dienone is 1. The molecule has 2 aliphatic carbocycles. The maximum absolute atomic E-state index is 2.47. The topological polar surface area (TPSA) is 6.48 Å². The van der Waals surface area contributed by atoms with Crippen molar-refractivity contribution in [1.82, 2.24) is 0 Å². The second-order valence-electron chi connectivity index (χ2n) is 18.2. The fourth-order valence-corrected chi connectivity index (χ4v) is 11.0. The third kappa shape index (κ3) is 6.32. The van der Waals surface area contributed by atoms with Crippen LogP contribution in [0.1, 0.15) is 36.1 Å². The molecular formula is C64H48N2. The zero-order valence-electron chi connectivity index (χ0n) is 37.1. The van der Waals surface area contributed by atoms with E-state index in [-0.39, 0.29) is 10.8 Å². The number of para-hydroxylation sites is 2. The third-order valence-corrected chi connectivity index (χ3v) is 14.1. The lowest BCUT2D eigenvalue weighted by Gasteiger charge is -2.48. The van der Waals surface area contributed by atoms with Gasteiger partial charge in [0.1, 0.15) is 0 Å². The van der Waals surface area contributed by atoms with E-state index in [1.807, 2.05) is 0 Å². The van der Waals surface area contributed by atoms with Crippen LogP contribution in [0.2, 0.25) is 0 Å². The molecule has 2 aliphatic rings. The molecule has 0 amide bonds. The van der Waals surface area contributed by atoms with Gasteiger partial charge >= 0.3 is 0 Å². The average molecular weight is 845 g/mol. The number of benzene rings is 10. The Morgan fingerprint density at radius 2 is 0.803 bits per heavy atom. The molecule has 2 heteroatoms. The van der Waals surface area contributed by atoms with Crippen molar-refractivity contribution in [3.05, 3.63) is 271 Å². The summed E-state index contributed by atoms with van der Waals surface area (Å²) in [7, 11) is 0. The van der Waals surface area contributed by atoms with E-state index < -0.39 is 0 Å². The minimum Gasteiger partial charge on any atom is -0.310 e. The maximum Gasteiger partial charge on any atom is 0.0555 e. The largest absolute Gasteiger partial charge is 0.310 e. The monoisotopic (exact) mass is 844 g/mol. The Hall–Kier alpha value is -8.20. The first-order valence-corrected chi connectivity index (χ1v) is 23.0. The smallest absolute Gasteiger partial charge is 0.0555 e. The molecule has 0 saturated heterocycles. The highest BCUT2D eigenvalue weighted by molar-refractivity contribution is 5.99. The summed E-state index contributed by atoms with van der Waals surface area (Å²) in [5, 5.41) is 2.45. The molecule has 0 saturated carbocycles. The zero-order chi connectivity index (χ0) is 44.2. The van der Waals surface area contributed by atoms with E-state index in [2.05, 4.69) is 278 Å². The van der Waals surface area contributed by atoms with Crippen LogP contribution < -0.4 is 9.80 Å². The van der Waals surface area contributed by atoms with Crippen LogP contribution in [-0.4, -0.2) is 0 Å². The summed E-state index contributed by atoms with van der Waals surface area (Å²) in [5.74, 6) is 0. The van der Waals surface area contributed by atoms with Crippen molar-refractivity contribution in [3.8, 4) is 33.4 Å². The molecule has 0 N–H and O–H groups in total. The summed E-state index contributed by atoms with van der Waals surface area (Å²) in [4.78, 5) is 4.76. The van der Waals surface area contributed by atoms with Crippen molar-refractivity contribution < 1.29 is 0 Å². The van der Waals surface area contributed by atoms with Crippen molar-refractivity contribution in [3.63, 3.8) is 0 Å². The SMILES string of the molecule is CC1(C)C=Cc2ccccc2C12c1ccccc1-c1ccc(N(c3ccccc3)c3ccc(-c4ccc(-c5ccc(N(c6ccccc6)c6cccc7ccccc67)cc5)cc4)cc3)cc12. The standard InChI is InChI=1S/C64H48N2/c1-63(2)43-42-50-17-10-13-25-59(50)64(63)60-26-14-12-24-57(60)58-41-40-55(44-61(58)64)65(51-19-5-3-6-20-51)53-36-32-47(33-37-53)45-28-30-46(31-29-45)48-34-38-54(39-35-48)66(52-21-7-4-8-22-52)62-27-15-18-49-16-9-11-23-56(49)62/h3-44H,1-2H3. The van der Waals surface area contributed by atoms with E-state index in [1.54, 1.807) is 0 Å². The lowest BCUT2D eigenvalue weighted by Crippen LogP contribution is -2.43. The molecule has 2 nitrogen and oxygen atoms in total. The van der Waals surface area contributed by atoms with Crippen LogP contribution in [0.5, 0.6) is 0 Å². The van der Waals surface area contributed by atoms with Gasteiger partial charge in [-0.15, -0.1) is 0 Å². The highest BCUT2D eigenvalue weighted by atomic mass is 15.1. The first kappa shape index (κ1) is 39.4. The number of hydrogen-bond donors (Lipinski definition) is 0. The van der Waals surface area contributed by atoms with Gasteiger partial charge in [-0.05, 0) is 128 Å². The molecule has 0 aliphatic heterocycles. The lowest BCUT2D eigenvalue weighted by atomic mass is 9.54. The molecule has 314 valence electrons. The highest BCUT2D eigenvalue weighted by Crippen LogP contribution is 2.64. The fourth-order valence-electron chi connectivity index (χ4n) is 11.0. The van der Waals surface area contributed by atoms with Crippen molar-refractivity contribution in [2.75, 3.05) is 9.80 Å². The van der Waals surface area contributed by atoms with Gasteiger partial charge in [0.15, 0.2) is 0 Å². The molecule has 1 spiro atoms. The molecule has 0 bridgehead atoms. The number of anilines is 6. The van der Waals surface area contributed by atoms with Crippen LogP contribution in [0, 0.1) is 5.41 Å². The molecule has 1 unspecified atom stereocenters. The summed E-state index contributed by atoms with van der Waals surface area (Å²) in [6, 6.07) is 88.7. The van der Waals surface area contributed by atoms with Gasteiger partial charge in [0.05, 0.1) is 11.1 Å². The van der Waals surface area contributed by atoms with Gasteiger partial charge in [-0.2, -0.15) is 0 Å². The third-order valence-electron chi connectivity index (χ3n) is 14.1. The Labute approximate surface area is 388 Å². The number of nitrogens with zero attached hydrogens (tertiary/aromatic N) is 2. The summed E-state index contributed by atoms with van der Waals surface area (Å²) in [5.41, 5.74) is 19.0. The van der Waals surface area contributed by atoms with E-state index in [9.17, 15) is 0 Å².